The first kappa shape index (κ1) is 21.2. The Kier molecular flexibility index (Phi) is 6.22. The van der Waals surface area contributed by atoms with E-state index >= 15 is 0 Å². The number of para-hydroxylation sites is 1. The number of methoxy groups -OCH3 is 2. The lowest BCUT2D eigenvalue weighted by atomic mass is 10.1. The second-order valence-electron chi connectivity index (χ2n) is 7.42. The van der Waals surface area contributed by atoms with Crippen LogP contribution in [0, 0.1) is 6.92 Å². The van der Waals surface area contributed by atoms with Crippen LogP contribution in [0.5, 0.6) is 11.5 Å². The van der Waals surface area contributed by atoms with Crippen LogP contribution in [-0.4, -0.2) is 30.9 Å². The van der Waals surface area contributed by atoms with Gasteiger partial charge in [0.2, 0.25) is 0 Å². The molecule has 3 aromatic carbocycles. The Morgan fingerprint density at radius 2 is 1.81 bits per heavy atom. The van der Waals surface area contributed by atoms with Crippen LogP contribution in [0.1, 0.15) is 27.0 Å². The number of hydrazone groups is 1. The molecule has 1 aromatic heterocycles. The average molecular weight is 428 g/mol. The molecular formula is C26H25N3O3. The zero-order chi connectivity index (χ0) is 22.5. The van der Waals surface area contributed by atoms with Crippen molar-refractivity contribution in [3.05, 3.63) is 95.2 Å². The Labute approximate surface area is 187 Å². The Hall–Kier alpha value is -4.06. The molecule has 0 atom stereocenters. The summed E-state index contributed by atoms with van der Waals surface area (Å²) in [5.74, 6) is 0.680. The number of fused-ring (bicyclic) bond motifs is 1. The monoisotopic (exact) mass is 427 g/mol. The quantitative estimate of drug-likeness (QED) is 0.341. The number of carbonyl (C=O) groups is 1. The fourth-order valence-electron chi connectivity index (χ4n) is 3.69. The van der Waals surface area contributed by atoms with Gasteiger partial charge >= 0.3 is 0 Å². The van der Waals surface area contributed by atoms with Crippen molar-refractivity contribution in [3.63, 3.8) is 0 Å². The van der Waals surface area contributed by atoms with Crippen LogP contribution < -0.4 is 14.9 Å². The molecular weight excluding hydrogens is 402 g/mol. The van der Waals surface area contributed by atoms with Crippen LogP contribution in [-0.2, 0) is 6.54 Å². The maximum atomic E-state index is 12.6. The van der Waals surface area contributed by atoms with E-state index in [4.69, 9.17) is 9.47 Å². The van der Waals surface area contributed by atoms with Crippen LogP contribution in [0.15, 0.2) is 78.0 Å². The molecule has 0 aliphatic carbocycles. The number of ether oxygens (including phenoxy) is 2. The molecule has 0 saturated carbocycles. The summed E-state index contributed by atoms with van der Waals surface area (Å²) in [5.41, 5.74) is 7.53. The summed E-state index contributed by atoms with van der Waals surface area (Å²) in [6.07, 6.45) is 3.73. The van der Waals surface area contributed by atoms with Crippen molar-refractivity contribution < 1.29 is 14.3 Å². The molecule has 4 rings (SSSR count). The summed E-state index contributed by atoms with van der Waals surface area (Å²) in [6.45, 7) is 2.88. The van der Waals surface area contributed by atoms with E-state index in [1.165, 1.54) is 18.2 Å². The first-order chi connectivity index (χ1) is 15.6. The number of nitrogens with one attached hydrogen (secondary N) is 1. The lowest BCUT2D eigenvalue weighted by molar-refractivity contribution is 0.0952. The summed E-state index contributed by atoms with van der Waals surface area (Å²) < 4.78 is 12.7. The van der Waals surface area contributed by atoms with Crippen molar-refractivity contribution in [1.82, 2.24) is 9.99 Å². The van der Waals surface area contributed by atoms with Gasteiger partial charge in [0.15, 0.2) is 0 Å². The van der Waals surface area contributed by atoms with Gasteiger partial charge in [0.25, 0.3) is 5.91 Å². The lowest BCUT2D eigenvalue weighted by Gasteiger charge is -2.08. The van der Waals surface area contributed by atoms with Gasteiger partial charge in [-0.3, -0.25) is 4.79 Å². The van der Waals surface area contributed by atoms with Gasteiger partial charge in [-0.25, -0.2) is 5.43 Å². The molecule has 32 heavy (non-hydrogen) atoms. The normalized spacial score (nSPS) is 11.1. The largest absolute Gasteiger partial charge is 0.497 e. The van der Waals surface area contributed by atoms with Gasteiger partial charge in [0, 0.05) is 35.3 Å². The van der Waals surface area contributed by atoms with Gasteiger partial charge in [-0.05, 0) is 36.2 Å². The van der Waals surface area contributed by atoms with Crippen LogP contribution in [0.3, 0.4) is 0 Å². The number of aryl methyl sites for hydroxylation is 1. The van der Waals surface area contributed by atoms with Gasteiger partial charge < -0.3 is 14.0 Å². The first-order valence-corrected chi connectivity index (χ1v) is 10.3. The van der Waals surface area contributed by atoms with E-state index in [9.17, 15) is 4.79 Å². The first-order valence-electron chi connectivity index (χ1n) is 10.3. The van der Waals surface area contributed by atoms with Crippen LogP contribution in [0.2, 0.25) is 0 Å². The summed E-state index contributed by atoms with van der Waals surface area (Å²) in [5, 5.41) is 5.27. The molecule has 1 N–H and O–H groups in total. The molecule has 0 fully saturated rings. The zero-order valence-electron chi connectivity index (χ0n) is 18.3. The Bertz CT molecular complexity index is 1290. The standard InChI is InChI=1S/C26H25N3O3/c1-18-8-4-5-9-19(18)16-29-17-20(22-10-6-7-11-24(22)29)15-27-28-26(30)23-13-12-21(31-2)14-25(23)32-3/h4-15,17H,16H2,1-3H3,(H,28,30)/b27-15-. The van der Waals surface area contributed by atoms with E-state index in [2.05, 4.69) is 58.5 Å². The topological polar surface area (TPSA) is 64.8 Å². The van der Waals surface area contributed by atoms with E-state index in [-0.39, 0.29) is 5.91 Å². The maximum Gasteiger partial charge on any atom is 0.275 e. The fourth-order valence-corrected chi connectivity index (χ4v) is 3.69. The molecule has 0 aliphatic rings. The highest BCUT2D eigenvalue weighted by Crippen LogP contribution is 2.25. The minimum Gasteiger partial charge on any atom is -0.497 e. The number of benzene rings is 3. The molecule has 1 amide bonds. The van der Waals surface area contributed by atoms with Crippen molar-refractivity contribution in [2.24, 2.45) is 5.10 Å². The van der Waals surface area contributed by atoms with Gasteiger partial charge in [0.1, 0.15) is 11.5 Å². The number of amides is 1. The highest BCUT2D eigenvalue weighted by molar-refractivity contribution is 6.01. The summed E-state index contributed by atoms with van der Waals surface area (Å²) in [7, 11) is 3.08. The van der Waals surface area contributed by atoms with E-state index in [1.54, 1.807) is 31.5 Å². The third kappa shape index (κ3) is 4.34. The molecule has 0 bridgehead atoms. The fraction of sp³-hybridized carbons (Fsp3) is 0.154. The molecule has 1 heterocycles. The van der Waals surface area contributed by atoms with E-state index in [0.29, 0.717) is 17.1 Å². The second kappa shape index (κ2) is 9.39. The van der Waals surface area contributed by atoms with Gasteiger partial charge in [0.05, 0.1) is 26.0 Å². The van der Waals surface area contributed by atoms with Crippen LogP contribution in [0.25, 0.3) is 10.9 Å². The van der Waals surface area contributed by atoms with Gasteiger partial charge in [-0.15, -0.1) is 0 Å². The zero-order valence-corrected chi connectivity index (χ0v) is 18.3. The van der Waals surface area contributed by atoms with Gasteiger partial charge in [-0.2, -0.15) is 5.10 Å². The number of hydrogen-bond acceptors (Lipinski definition) is 4. The summed E-state index contributed by atoms with van der Waals surface area (Å²) in [6, 6.07) is 21.5. The SMILES string of the molecule is COc1ccc(C(=O)N/N=C\c2cn(Cc3ccccc3C)c3ccccc23)c(OC)c1. The molecule has 0 unspecified atom stereocenters. The lowest BCUT2D eigenvalue weighted by Crippen LogP contribution is -2.18. The summed E-state index contributed by atoms with van der Waals surface area (Å²) in [4.78, 5) is 12.6. The number of carbonyl (C=O) groups excluding carboxylic acids is 1. The van der Waals surface area contributed by atoms with Crippen LogP contribution >= 0.6 is 0 Å². The minimum absolute atomic E-state index is 0.357. The molecule has 0 spiro atoms. The third-order valence-corrected chi connectivity index (χ3v) is 5.44. The summed E-state index contributed by atoms with van der Waals surface area (Å²) >= 11 is 0. The molecule has 6 nitrogen and oxygen atoms in total. The Morgan fingerprint density at radius 3 is 2.59 bits per heavy atom. The molecule has 0 aliphatic heterocycles. The van der Waals surface area contributed by atoms with E-state index in [0.717, 1.165) is 23.0 Å². The maximum absolute atomic E-state index is 12.6. The predicted molar refractivity (Wildman–Crippen MR) is 127 cm³/mol. The van der Waals surface area contributed by atoms with Crippen LogP contribution in [0.4, 0.5) is 0 Å². The molecule has 6 heteroatoms. The third-order valence-electron chi connectivity index (χ3n) is 5.44. The number of rotatable bonds is 7. The van der Waals surface area contributed by atoms with Crippen molar-refractivity contribution >= 4 is 23.0 Å². The van der Waals surface area contributed by atoms with Gasteiger partial charge in [-0.1, -0.05) is 42.5 Å². The minimum atomic E-state index is -0.357. The van der Waals surface area contributed by atoms with Crippen molar-refractivity contribution in [3.8, 4) is 11.5 Å². The molecule has 4 aromatic rings. The second-order valence-corrected chi connectivity index (χ2v) is 7.42. The Morgan fingerprint density at radius 1 is 1.03 bits per heavy atom. The van der Waals surface area contributed by atoms with Crippen molar-refractivity contribution in [2.45, 2.75) is 13.5 Å². The van der Waals surface area contributed by atoms with E-state index in [1.807, 2.05) is 18.2 Å². The number of aromatic nitrogens is 1. The predicted octanol–water partition coefficient (Wildman–Crippen LogP) is 4.78. The number of nitrogens with zero attached hydrogens (tertiary/aromatic N) is 2. The number of hydrogen-bond donors (Lipinski definition) is 1. The highest BCUT2D eigenvalue weighted by atomic mass is 16.5. The van der Waals surface area contributed by atoms with Crippen molar-refractivity contribution in [2.75, 3.05) is 14.2 Å². The van der Waals surface area contributed by atoms with Crippen molar-refractivity contribution in [1.29, 1.82) is 0 Å². The smallest absolute Gasteiger partial charge is 0.275 e. The molecule has 0 radical (unpaired) electrons. The average Bonchev–Trinajstić information content (AvgIpc) is 3.17. The van der Waals surface area contributed by atoms with E-state index < -0.39 is 0 Å². The molecule has 0 saturated heterocycles. The highest BCUT2D eigenvalue weighted by Gasteiger charge is 2.13. The molecule has 162 valence electrons. The Balaban J connectivity index is 1.57.